The van der Waals surface area contributed by atoms with Crippen molar-refractivity contribution in [2.75, 3.05) is 0 Å². The van der Waals surface area contributed by atoms with Crippen LogP contribution in [0.1, 0.15) is 40.0 Å². The Morgan fingerprint density at radius 2 is 2.00 bits per heavy atom. The fourth-order valence-corrected chi connectivity index (χ4v) is 1.98. The summed E-state index contributed by atoms with van der Waals surface area (Å²) < 4.78 is 0. The summed E-state index contributed by atoms with van der Waals surface area (Å²) >= 11 is 0. The molecule has 0 nitrogen and oxygen atoms in total. The molecular formula is C9H18. The van der Waals surface area contributed by atoms with Crippen molar-refractivity contribution in [1.29, 1.82) is 0 Å². The Hall–Kier alpha value is 0. The maximum absolute atomic E-state index is 2.35. The van der Waals surface area contributed by atoms with Gasteiger partial charge in [0.15, 0.2) is 0 Å². The summed E-state index contributed by atoms with van der Waals surface area (Å²) in [4.78, 5) is 0. The molecule has 1 saturated carbocycles. The van der Waals surface area contributed by atoms with Crippen molar-refractivity contribution in [3.8, 4) is 0 Å². The summed E-state index contributed by atoms with van der Waals surface area (Å²) in [6.45, 7) is 7.03. The maximum atomic E-state index is 2.35. The topological polar surface area (TPSA) is 0 Å². The molecule has 0 unspecified atom stereocenters. The van der Waals surface area contributed by atoms with Crippen LogP contribution in [-0.2, 0) is 0 Å². The summed E-state index contributed by atoms with van der Waals surface area (Å²) in [5.74, 6) is 3.07. The van der Waals surface area contributed by atoms with Crippen LogP contribution in [0.2, 0.25) is 0 Å². The smallest absolute Gasteiger partial charge is 0.0363 e. The molecule has 1 aliphatic carbocycles. The standard InChI is InChI=1S/C9H18/c1-4-8-5-6-9(8)7(2)3/h7-9H,4-6H2,1-3H3/t8-,9-/m1/s1. The van der Waals surface area contributed by atoms with Gasteiger partial charge in [0, 0.05) is 0 Å². The Kier molecular flexibility index (Phi) is 2.15. The van der Waals surface area contributed by atoms with Crippen molar-refractivity contribution in [3.63, 3.8) is 0 Å². The van der Waals surface area contributed by atoms with Gasteiger partial charge in [-0.2, -0.15) is 0 Å². The molecule has 0 saturated heterocycles. The maximum Gasteiger partial charge on any atom is -0.0363 e. The molecule has 0 N–H and O–H groups in total. The van der Waals surface area contributed by atoms with Gasteiger partial charge in [0.05, 0.1) is 0 Å². The van der Waals surface area contributed by atoms with Crippen LogP contribution < -0.4 is 0 Å². The molecule has 1 fully saturated rings. The lowest BCUT2D eigenvalue weighted by atomic mass is 9.67. The van der Waals surface area contributed by atoms with Gasteiger partial charge in [-0.15, -0.1) is 0 Å². The van der Waals surface area contributed by atoms with E-state index in [1.165, 1.54) is 19.3 Å². The third kappa shape index (κ3) is 1.28. The molecule has 9 heavy (non-hydrogen) atoms. The minimum atomic E-state index is 0.934. The van der Waals surface area contributed by atoms with Gasteiger partial charge in [-0.3, -0.25) is 0 Å². The van der Waals surface area contributed by atoms with E-state index >= 15 is 0 Å². The average Bonchev–Trinajstić information content (AvgIpc) is 1.61. The third-order valence-electron chi connectivity index (χ3n) is 2.86. The molecule has 0 aliphatic heterocycles. The normalized spacial score (nSPS) is 34.7. The van der Waals surface area contributed by atoms with Crippen molar-refractivity contribution < 1.29 is 0 Å². The summed E-state index contributed by atoms with van der Waals surface area (Å²) in [5.41, 5.74) is 0. The van der Waals surface area contributed by atoms with Crippen LogP contribution in [0.25, 0.3) is 0 Å². The molecule has 0 aromatic heterocycles. The highest BCUT2D eigenvalue weighted by Gasteiger charge is 2.30. The van der Waals surface area contributed by atoms with Gasteiger partial charge in [0.1, 0.15) is 0 Å². The van der Waals surface area contributed by atoms with E-state index in [1.54, 1.807) is 0 Å². The Balaban J connectivity index is 2.27. The van der Waals surface area contributed by atoms with Gasteiger partial charge in [0.25, 0.3) is 0 Å². The van der Waals surface area contributed by atoms with E-state index in [4.69, 9.17) is 0 Å². The van der Waals surface area contributed by atoms with E-state index in [9.17, 15) is 0 Å². The highest BCUT2D eigenvalue weighted by Crippen LogP contribution is 2.41. The lowest BCUT2D eigenvalue weighted by Crippen LogP contribution is -2.29. The summed E-state index contributed by atoms with van der Waals surface area (Å²) in [6.07, 6.45) is 4.40. The van der Waals surface area contributed by atoms with E-state index in [1.807, 2.05) is 0 Å². The first-order valence-corrected chi connectivity index (χ1v) is 4.25. The van der Waals surface area contributed by atoms with Gasteiger partial charge < -0.3 is 0 Å². The van der Waals surface area contributed by atoms with E-state index in [0.717, 1.165) is 17.8 Å². The first kappa shape index (κ1) is 7.11. The molecule has 1 aliphatic rings. The van der Waals surface area contributed by atoms with Crippen LogP contribution in [0.3, 0.4) is 0 Å². The van der Waals surface area contributed by atoms with Gasteiger partial charge in [-0.05, 0) is 30.6 Å². The molecule has 0 aromatic carbocycles. The van der Waals surface area contributed by atoms with Crippen LogP contribution in [0.15, 0.2) is 0 Å². The molecule has 54 valence electrons. The monoisotopic (exact) mass is 126 g/mol. The molecule has 0 radical (unpaired) electrons. The second-order valence-corrected chi connectivity index (χ2v) is 3.65. The molecule has 0 aromatic rings. The lowest BCUT2D eigenvalue weighted by Gasteiger charge is -2.39. The minimum Gasteiger partial charge on any atom is -0.0651 e. The van der Waals surface area contributed by atoms with Crippen LogP contribution in [0.5, 0.6) is 0 Å². The first-order chi connectivity index (χ1) is 4.25. The Morgan fingerprint density at radius 3 is 2.11 bits per heavy atom. The lowest BCUT2D eigenvalue weighted by molar-refractivity contribution is 0.118. The first-order valence-electron chi connectivity index (χ1n) is 4.25. The van der Waals surface area contributed by atoms with Crippen molar-refractivity contribution in [3.05, 3.63) is 0 Å². The predicted octanol–water partition coefficient (Wildman–Crippen LogP) is 3.08. The predicted molar refractivity (Wildman–Crippen MR) is 41.3 cm³/mol. The number of hydrogen-bond acceptors (Lipinski definition) is 0. The molecule has 0 heteroatoms. The zero-order chi connectivity index (χ0) is 6.85. The molecule has 2 atom stereocenters. The highest BCUT2D eigenvalue weighted by atomic mass is 14.4. The highest BCUT2D eigenvalue weighted by molar-refractivity contribution is 4.81. The molecule has 0 amide bonds. The SMILES string of the molecule is CC[C@@H]1CC[C@@H]1C(C)C. The minimum absolute atomic E-state index is 0.934. The van der Waals surface area contributed by atoms with Crippen LogP contribution in [0.4, 0.5) is 0 Å². The Morgan fingerprint density at radius 1 is 1.33 bits per heavy atom. The molecule has 0 spiro atoms. The van der Waals surface area contributed by atoms with Crippen molar-refractivity contribution in [2.24, 2.45) is 17.8 Å². The molecule has 0 heterocycles. The quantitative estimate of drug-likeness (QED) is 0.533. The van der Waals surface area contributed by atoms with Gasteiger partial charge in [0.2, 0.25) is 0 Å². The van der Waals surface area contributed by atoms with Crippen molar-refractivity contribution >= 4 is 0 Å². The molecule has 0 bridgehead atoms. The Bertz CT molecular complexity index is 82.0. The zero-order valence-corrected chi connectivity index (χ0v) is 6.85. The van der Waals surface area contributed by atoms with E-state index in [-0.39, 0.29) is 0 Å². The van der Waals surface area contributed by atoms with Crippen LogP contribution in [-0.4, -0.2) is 0 Å². The van der Waals surface area contributed by atoms with Gasteiger partial charge in [-0.25, -0.2) is 0 Å². The number of hydrogen-bond donors (Lipinski definition) is 0. The van der Waals surface area contributed by atoms with Crippen LogP contribution >= 0.6 is 0 Å². The Labute approximate surface area is 58.7 Å². The van der Waals surface area contributed by atoms with Crippen molar-refractivity contribution in [1.82, 2.24) is 0 Å². The second kappa shape index (κ2) is 2.72. The van der Waals surface area contributed by atoms with Gasteiger partial charge in [-0.1, -0.05) is 27.2 Å². The van der Waals surface area contributed by atoms with Crippen LogP contribution in [0, 0.1) is 17.8 Å². The summed E-state index contributed by atoms with van der Waals surface area (Å²) in [7, 11) is 0. The van der Waals surface area contributed by atoms with Crippen molar-refractivity contribution in [2.45, 2.75) is 40.0 Å². The summed E-state index contributed by atoms with van der Waals surface area (Å²) in [5, 5.41) is 0. The number of rotatable bonds is 2. The van der Waals surface area contributed by atoms with E-state index in [0.29, 0.717) is 0 Å². The third-order valence-corrected chi connectivity index (χ3v) is 2.86. The van der Waals surface area contributed by atoms with Gasteiger partial charge >= 0.3 is 0 Å². The zero-order valence-electron chi connectivity index (χ0n) is 6.85. The van der Waals surface area contributed by atoms with E-state index < -0.39 is 0 Å². The fourth-order valence-electron chi connectivity index (χ4n) is 1.98. The average molecular weight is 126 g/mol. The fraction of sp³-hybridized carbons (Fsp3) is 1.00. The second-order valence-electron chi connectivity index (χ2n) is 3.65. The summed E-state index contributed by atoms with van der Waals surface area (Å²) in [6, 6.07) is 0. The van der Waals surface area contributed by atoms with E-state index in [2.05, 4.69) is 20.8 Å². The molecular weight excluding hydrogens is 108 g/mol. The molecule has 1 rings (SSSR count). The largest absolute Gasteiger partial charge is 0.0651 e.